The van der Waals surface area contributed by atoms with E-state index in [-0.39, 0.29) is 5.69 Å². The van der Waals surface area contributed by atoms with Crippen molar-refractivity contribution in [2.45, 2.75) is 13.8 Å². The Kier molecular flexibility index (Phi) is 5.95. The minimum atomic E-state index is -0.468. The first kappa shape index (κ1) is 17.5. The molecule has 0 radical (unpaired) electrons. The smallest absolute Gasteiger partial charge is 0.248 e. The summed E-state index contributed by atoms with van der Waals surface area (Å²) in [6.45, 7) is 4.26. The maximum absolute atomic E-state index is 13.6. The van der Waals surface area contributed by atoms with Crippen LogP contribution < -0.4 is 14.8 Å². The average molecular weight is 329 g/mol. The Labute approximate surface area is 140 Å². The lowest BCUT2D eigenvalue weighted by atomic mass is 10.2. The van der Waals surface area contributed by atoms with Crippen LogP contribution in [0.5, 0.6) is 11.5 Å². The van der Waals surface area contributed by atoms with Crippen molar-refractivity contribution in [1.82, 2.24) is 0 Å². The summed E-state index contributed by atoms with van der Waals surface area (Å²) in [5.41, 5.74) is 1.80. The van der Waals surface area contributed by atoms with Crippen molar-refractivity contribution in [1.29, 1.82) is 0 Å². The molecule has 2 aromatic rings. The molecule has 0 aromatic heterocycles. The summed E-state index contributed by atoms with van der Waals surface area (Å²) < 4.78 is 24.3. The third-order valence-electron chi connectivity index (χ3n) is 3.29. The third kappa shape index (κ3) is 4.59. The molecule has 0 spiro atoms. The van der Waals surface area contributed by atoms with E-state index in [1.54, 1.807) is 37.5 Å². The van der Waals surface area contributed by atoms with E-state index in [0.29, 0.717) is 18.1 Å². The van der Waals surface area contributed by atoms with Gasteiger partial charge in [-0.15, -0.1) is 0 Å². The second kappa shape index (κ2) is 8.15. The first-order valence-corrected chi connectivity index (χ1v) is 7.59. The Bertz CT molecular complexity index is 756. The van der Waals surface area contributed by atoms with Gasteiger partial charge in [0.15, 0.2) is 11.5 Å². The second-order valence-corrected chi connectivity index (χ2v) is 5.15. The lowest BCUT2D eigenvalue weighted by Crippen LogP contribution is -2.09. The van der Waals surface area contributed by atoms with Crippen molar-refractivity contribution < 1.29 is 18.7 Å². The van der Waals surface area contributed by atoms with Crippen molar-refractivity contribution in [3.8, 4) is 11.5 Å². The van der Waals surface area contributed by atoms with Crippen LogP contribution in [0.15, 0.2) is 42.5 Å². The SMILES string of the molecule is CCOc1ccc(/C=C/C(=O)Nc2cc(C)ccc2F)cc1OC. The fourth-order valence-corrected chi connectivity index (χ4v) is 2.14. The van der Waals surface area contributed by atoms with Crippen molar-refractivity contribution in [2.75, 3.05) is 19.0 Å². The van der Waals surface area contributed by atoms with Crippen LogP contribution in [-0.4, -0.2) is 19.6 Å². The van der Waals surface area contributed by atoms with E-state index in [0.717, 1.165) is 11.1 Å². The highest BCUT2D eigenvalue weighted by Gasteiger charge is 2.06. The van der Waals surface area contributed by atoms with E-state index in [1.165, 1.54) is 12.1 Å². The highest BCUT2D eigenvalue weighted by Crippen LogP contribution is 2.28. The molecule has 0 unspecified atom stereocenters. The van der Waals surface area contributed by atoms with Crippen molar-refractivity contribution in [3.63, 3.8) is 0 Å². The first-order valence-electron chi connectivity index (χ1n) is 7.59. The van der Waals surface area contributed by atoms with Gasteiger partial charge in [-0.1, -0.05) is 12.1 Å². The van der Waals surface area contributed by atoms with Gasteiger partial charge in [-0.25, -0.2) is 4.39 Å². The minimum absolute atomic E-state index is 0.161. The van der Waals surface area contributed by atoms with Gasteiger partial charge in [-0.05, 0) is 55.3 Å². The van der Waals surface area contributed by atoms with Gasteiger partial charge in [0.2, 0.25) is 5.91 Å². The predicted molar refractivity (Wildman–Crippen MR) is 93.0 cm³/mol. The van der Waals surface area contributed by atoms with E-state index in [9.17, 15) is 9.18 Å². The number of hydrogen-bond acceptors (Lipinski definition) is 3. The van der Waals surface area contributed by atoms with Crippen LogP contribution in [0.4, 0.5) is 10.1 Å². The number of anilines is 1. The summed E-state index contributed by atoms with van der Waals surface area (Å²) in [6, 6.07) is 9.91. The Morgan fingerprint density at radius 1 is 1.21 bits per heavy atom. The Morgan fingerprint density at radius 2 is 2.00 bits per heavy atom. The highest BCUT2D eigenvalue weighted by molar-refractivity contribution is 6.02. The Hall–Kier alpha value is -2.82. The van der Waals surface area contributed by atoms with Crippen LogP contribution in [0.2, 0.25) is 0 Å². The monoisotopic (exact) mass is 329 g/mol. The van der Waals surface area contributed by atoms with Crippen LogP contribution >= 0.6 is 0 Å². The van der Waals surface area contributed by atoms with E-state index in [4.69, 9.17) is 9.47 Å². The van der Waals surface area contributed by atoms with Gasteiger partial charge in [0.25, 0.3) is 0 Å². The van der Waals surface area contributed by atoms with Crippen molar-refractivity contribution in [2.24, 2.45) is 0 Å². The highest BCUT2D eigenvalue weighted by atomic mass is 19.1. The van der Waals surface area contributed by atoms with Crippen LogP contribution in [0, 0.1) is 12.7 Å². The fraction of sp³-hybridized carbons (Fsp3) is 0.211. The molecule has 0 aliphatic rings. The zero-order valence-corrected chi connectivity index (χ0v) is 13.9. The minimum Gasteiger partial charge on any atom is -0.493 e. The van der Waals surface area contributed by atoms with Gasteiger partial charge in [0.1, 0.15) is 5.82 Å². The number of carbonyl (C=O) groups excluding carboxylic acids is 1. The molecule has 126 valence electrons. The maximum Gasteiger partial charge on any atom is 0.248 e. The zero-order valence-electron chi connectivity index (χ0n) is 13.9. The molecular weight excluding hydrogens is 309 g/mol. The summed E-state index contributed by atoms with van der Waals surface area (Å²) in [7, 11) is 1.55. The van der Waals surface area contributed by atoms with Gasteiger partial charge in [-0.3, -0.25) is 4.79 Å². The molecular formula is C19H20FNO3. The molecule has 0 aliphatic carbocycles. The Morgan fingerprint density at radius 3 is 2.71 bits per heavy atom. The van der Waals surface area contributed by atoms with E-state index >= 15 is 0 Å². The number of methoxy groups -OCH3 is 1. The van der Waals surface area contributed by atoms with Crippen molar-refractivity contribution in [3.05, 3.63) is 59.4 Å². The van der Waals surface area contributed by atoms with E-state index in [2.05, 4.69) is 5.32 Å². The van der Waals surface area contributed by atoms with Crippen LogP contribution in [0.3, 0.4) is 0 Å². The second-order valence-electron chi connectivity index (χ2n) is 5.15. The van der Waals surface area contributed by atoms with Crippen LogP contribution in [0.25, 0.3) is 6.08 Å². The molecule has 0 saturated heterocycles. The molecule has 2 aromatic carbocycles. The number of aryl methyl sites for hydroxylation is 1. The van der Waals surface area contributed by atoms with E-state index < -0.39 is 11.7 Å². The summed E-state index contributed by atoms with van der Waals surface area (Å²) in [5, 5.41) is 2.52. The average Bonchev–Trinajstić information content (AvgIpc) is 2.57. The molecule has 0 saturated carbocycles. The molecule has 0 aliphatic heterocycles. The van der Waals surface area contributed by atoms with Gasteiger partial charge in [0, 0.05) is 6.08 Å². The molecule has 5 heteroatoms. The molecule has 0 bridgehead atoms. The largest absolute Gasteiger partial charge is 0.493 e. The normalized spacial score (nSPS) is 10.7. The summed E-state index contributed by atoms with van der Waals surface area (Å²) >= 11 is 0. The lowest BCUT2D eigenvalue weighted by Gasteiger charge is -2.09. The van der Waals surface area contributed by atoms with Gasteiger partial charge >= 0.3 is 0 Å². The number of benzene rings is 2. The molecule has 0 fully saturated rings. The quantitative estimate of drug-likeness (QED) is 0.808. The lowest BCUT2D eigenvalue weighted by molar-refractivity contribution is -0.111. The Balaban J connectivity index is 2.09. The maximum atomic E-state index is 13.6. The van der Waals surface area contributed by atoms with Gasteiger partial charge in [0.05, 0.1) is 19.4 Å². The van der Waals surface area contributed by atoms with Crippen LogP contribution in [-0.2, 0) is 4.79 Å². The number of carbonyl (C=O) groups is 1. The van der Waals surface area contributed by atoms with Crippen molar-refractivity contribution >= 4 is 17.7 Å². The zero-order chi connectivity index (χ0) is 17.5. The van der Waals surface area contributed by atoms with Gasteiger partial charge < -0.3 is 14.8 Å². The first-order chi connectivity index (χ1) is 11.5. The number of hydrogen-bond donors (Lipinski definition) is 1. The fourth-order valence-electron chi connectivity index (χ4n) is 2.14. The third-order valence-corrected chi connectivity index (χ3v) is 3.29. The molecule has 2 rings (SSSR count). The molecule has 4 nitrogen and oxygen atoms in total. The standard InChI is InChI=1S/C19H20FNO3/c1-4-24-17-9-6-14(12-18(17)23-3)7-10-19(22)21-16-11-13(2)5-8-15(16)20/h5-12H,4H2,1-3H3,(H,21,22)/b10-7+. The summed E-state index contributed by atoms with van der Waals surface area (Å²) in [4.78, 5) is 12.0. The van der Waals surface area contributed by atoms with E-state index in [1.807, 2.05) is 19.9 Å². The molecule has 1 N–H and O–H groups in total. The topological polar surface area (TPSA) is 47.6 Å². The number of halogens is 1. The molecule has 0 atom stereocenters. The number of amides is 1. The van der Waals surface area contributed by atoms with Gasteiger partial charge in [-0.2, -0.15) is 0 Å². The molecule has 24 heavy (non-hydrogen) atoms. The number of nitrogens with one attached hydrogen (secondary N) is 1. The summed E-state index contributed by atoms with van der Waals surface area (Å²) in [6.07, 6.45) is 2.97. The summed E-state index contributed by atoms with van der Waals surface area (Å²) in [5.74, 6) is 0.352. The molecule has 1 amide bonds. The number of rotatable bonds is 6. The molecule has 0 heterocycles. The number of ether oxygens (including phenoxy) is 2. The predicted octanol–water partition coefficient (Wildman–Crippen LogP) is 4.19. The van der Waals surface area contributed by atoms with Crippen LogP contribution in [0.1, 0.15) is 18.1 Å².